The number of benzene rings is 1. The third-order valence-corrected chi connectivity index (χ3v) is 2.61. The van der Waals surface area contributed by atoms with Crippen molar-refractivity contribution in [3.63, 3.8) is 0 Å². The molecule has 1 aromatic carbocycles. The quantitative estimate of drug-likeness (QED) is 0.880. The lowest BCUT2D eigenvalue weighted by atomic mass is 10.0. The van der Waals surface area contributed by atoms with E-state index in [0.29, 0.717) is 6.07 Å². The van der Waals surface area contributed by atoms with Gasteiger partial charge in [0.2, 0.25) is 0 Å². The van der Waals surface area contributed by atoms with E-state index in [-0.39, 0.29) is 23.8 Å². The Bertz CT molecular complexity index is 433. The van der Waals surface area contributed by atoms with Crippen LogP contribution in [0.5, 0.6) is 5.75 Å². The lowest BCUT2D eigenvalue weighted by Crippen LogP contribution is -2.44. The molecule has 0 aromatic heterocycles. The minimum Gasteiger partial charge on any atom is -0.481 e. The van der Waals surface area contributed by atoms with Crippen LogP contribution >= 0.6 is 0 Å². The van der Waals surface area contributed by atoms with Crippen LogP contribution in [0.25, 0.3) is 0 Å². The predicted molar refractivity (Wildman–Crippen MR) is 64.4 cm³/mol. The van der Waals surface area contributed by atoms with Gasteiger partial charge in [-0.2, -0.15) is 0 Å². The number of amides is 1. The molecular weight excluding hydrogens is 240 g/mol. The Morgan fingerprint density at radius 3 is 2.61 bits per heavy atom. The summed E-state index contributed by atoms with van der Waals surface area (Å²) in [5.74, 6) is -1.99. The highest BCUT2D eigenvalue weighted by atomic mass is 19.1. The smallest absolute Gasteiger partial charge is 0.258 e. The summed E-state index contributed by atoms with van der Waals surface area (Å²) in [5, 5.41) is 2.75. The molecule has 0 heterocycles. The van der Waals surface area contributed by atoms with Gasteiger partial charge in [0, 0.05) is 11.6 Å². The van der Waals surface area contributed by atoms with E-state index < -0.39 is 11.6 Å². The van der Waals surface area contributed by atoms with Crippen molar-refractivity contribution in [3.05, 3.63) is 29.8 Å². The maximum Gasteiger partial charge on any atom is 0.258 e. The van der Waals surface area contributed by atoms with Gasteiger partial charge < -0.3 is 10.1 Å². The van der Waals surface area contributed by atoms with Gasteiger partial charge in [0.05, 0.1) is 0 Å². The summed E-state index contributed by atoms with van der Waals surface area (Å²) in [6.07, 6.45) is 0.768. The number of hydrogen-bond donors (Lipinski definition) is 1. The number of nitrogens with one attached hydrogen (secondary N) is 1. The molecule has 5 heteroatoms. The molecule has 0 aliphatic heterocycles. The van der Waals surface area contributed by atoms with E-state index >= 15 is 0 Å². The zero-order valence-corrected chi connectivity index (χ0v) is 10.7. The van der Waals surface area contributed by atoms with E-state index in [4.69, 9.17) is 4.74 Å². The molecule has 3 nitrogen and oxygen atoms in total. The van der Waals surface area contributed by atoms with E-state index in [1.165, 1.54) is 0 Å². The van der Waals surface area contributed by atoms with Crippen LogP contribution < -0.4 is 10.1 Å². The molecule has 0 radical (unpaired) electrons. The fourth-order valence-corrected chi connectivity index (χ4v) is 1.24. The molecule has 0 aliphatic rings. The van der Waals surface area contributed by atoms with Crippen LogP contribution in [-0.2, 0) is 4.79 Å². The first-order valence-corrected chi connectivity index (χ1v) is 5.73. The van der Waals surface area contributed by atoms with Crippen LogP contribution in [0.4, 0.5) is 8.78 Å². The molecule has 1 rings (SSSR count). The largest absolute Gasteiger partial charge is 0.481 e. The second-order valence-electron chi connectivity index (χ2n) is 4.65. The molecule has 0 saturated heterocycles. The molecule has 0 saturated carbocycles. The van der Waals surface area contributed by atoms with Crippen molar-refractivity contribution in [1.29, 1.82) is 0 Å². The van der Waals surface area contributed by atoms with Gasteiger partial charge >= 0.3 is 0 Å². The highest BCUT2D eigenvalue weighted by molar-refractivity contribution is 5.78. The monoisotopic (exact) mass is 257 g/mol. The van der Waals surface area contributed by atoms with E-state index in [0.717, 1.165) is 18.6 Å². The minimum atomic E-state index is -0.822. The summed E-state index contributed by atoms with van der Waals surface area (Å²) in [7, 11) is 0. The number of halogens is 2. The van der Waals surface area contributed by atoms with Gasteiger partial charge in [-0.05, 0) is 32.4 Å². The van der Waals surface area contributed by atoms with Crippen LogP contribution in [0, 0.1) is 11.6 Å². The molecule has 0 unspecified atom stereocenters. The van der Waals surface area contributed by atoms with E-state index in [1.54, 1.807) is 0 Å². The number of rotatable bonds is 5. The van der Waals surface area contributed by atoms with Crippen LogP contribution in [0.15, 0.2) is 18.2 Å². The van der Waals surface area contributed by atoms with Gasteiger partial charge in [-0.25, -0.2) is 8.78 Å². The Labute approximate surface area is 105 Å². The lowest BCUT2D eigenvalue weighted by Gasteiger charge is -2.24. The maximum atomic E-state index is 13.2. The number of carbonyl (C=O) groups is 1. The van der Waals surface area contributed by atoms with Crippen LogP contribution in [-0.4, -0.2) is 18.1 Å². The van der Waals surface area contributed by atoms with Crippen molar-refractivity contribution < 1.29 is 18.3 Å². The van der Waals surface area contributed by atoms with Crippen molar-refractivity contribution in [1.82, 2.24) is 5.32 Å². The zero-order valence-electron chi connectivity index (χ0n) is 10.7. The predicted octanol–water partition coefficient (Wildman–Crippen LogP) is 2.65. The standard InChI is InChI=1S/C13H17F2NO2/c1-4-13(2,3)16-12(17)8-18-11-6-5-9(14)7-10(11)15/h5-7H,4,8H2,1-3H3,(H,16,17). The molecule has 100 valence electrons. The van der Waals surface area contributed by atoms with Crippen molar-refractivity contribution in [2.24, 2.45) is 0 Å². The second-order valence-corrected chi connectivity index (χ2v) is 4.65. The Morgan fingerprint density at radius 2 is 2.06 bits per heavy atom. The summed E-state index contributed by atoms with van der Waals surface area (Å²) in [4.78, 5) is 11.5. The molecule has 0 aliphatic carbocycles. The van der Waals surface area contributed by atoms with Gasteiger partial charge in [-0.3, -0.25) is 4.79 Å². The van der Waals surface area contributed by atoms with Crippen LogP contribution in [0.3, 0.4) is 0 Å². The molecule has 1 amide bonds. The van der Waals surface area contributed by atoms with Gasteiger partial charge in [0.1, 0.15) is 5.82 Å². The van der Waals surface area contributed by atoms with Crippen LogP contribution in [0.1, 0.15) is 27.2 Å². The first kappa shape index (κ1) is 14.4. The molecule has 0 atom stereocenters. The molecule has 0 fully saturated rings. The Morgan fingerprint density at radius 1 is 1.39 bits per heavy atom. The SMILES string of the molecule is CCC(C)(C)NC(=O)COc1ccc(F)cc1F. The zero-order chi connectivity index (χ0) is 13.8. The molecule has 1 N–H and O–H groups in total. The number of carbonyl (C=O) groups excluding carboxylic acids is 1. The van der Waals surface area contributed by atoms with Crippen molar-refractivity contribution >= 4 is 5.91 Å². The molecular formula is C13H17F2NO2. The summed E-state index contributed by atoms with van der Waals surface area (Å²) < 4.78 is 30.8. The minimum absolute atomic E-state index is 0.138. The maximum absolute atomic E-state index is 13.2. The summed E-state index contributed by atoms with van der Waals surface area (Å²) in [6.45, 7) is 5.40. The number of ether oxygens (including phenoxy) is 1. The average molecular weight is 257 g/mol. The normalized spacial score (nSPS) is 11.2. The Hall–Kier alpha value is -1.65. The first-order chi connectivity index (χ1) is 8.34. The van der Waals surface area contributed by atoms with Gasteiger partial charge in [-0.15, -0.1) is 0 Å². The summed E-state index contributed by atoms with van der Waals surface area (Å²) in [5.41, 5.74) is -0.332. The summed E-state index contributed by atoms with van der Waals surface area (Å²) >= 11 is 0. The van der Waals surface area contributed by atoms with E-state index in [1.807, 2.05) is 20.8 Å². The molecule has 18 heavy (non-hydrogen) atoms. The van der Waals surface area contributed by atoms with Gasteiger partial charge in [0.15, 0.2) is 18.2 Å². The molecule has 0 spiro atoms. The third-order valence-electron chi connectivity index (χ3n) is 2.61. The number of hydrogen-bond acceptors (Lipinski definition) is 2. The third kappa shape index (κ3) is 4.31. The van der Waals surface area contributed by atoms with Crippen LogP contribution in [0.2, 0.25) is 0 Å². The lowest BCUT2D eigenvalue weighted by molar-refractivity contribution is -0.124. The highest BCUT2D eigenvalue weighted by Crippen LogP contribution is 2.17. The van der Waals surface area contributed by atoms with Gasteiger partial charge in [0.25, 0.3) is 5.91 Å². The average Bonchev–Trinajstić information content (AvgIpc) is 2.27. The van der Waals surface area contributed by atoms with Crippen molar-refractivity contribution in [2.75, 3.05) is 6.61 Å². The Balaban J connectivity index is 2.53. The first-order valence-electron chi connectivity index (χ1n) is 5.73. The van der Waals surface area contributed by atoms with Crippen molar-refractivity contribution in [2.45, 2.75) is 32.7 Å². The fraction of sp³-hybridized carbons (Fsp3) is 0.462. The second kappa shape index (κ2) is 5.80. The molecule has 1 aromatic rings. The van der Waals surface area contributed by atoms with E-state index in [9.17, 15) is 13.6 Å². The molecule has 0 bridgehead atoms. The van der Waals surface area contributed by atoms with E-state index in [2.05, 4.69) is 5.32 Å². The summed E-state index contributed by atoms with van der Waals surface area (Å²) in [6, 6.07) is 2.94. The van der Waals surface area contributed by atoms with Crippen molar-refractivity contribution in [3.8, 4) is 5.75 Å². The highest BCUT2D eigenvalue weighted by Gasteiger charge is 2.18. The van der Waals surface area contributed by atoms with Gasteiger partial charge in [-0.1, -0.05) is 6.92 Å². The fourth-order valence-electron chi connectivity index (χ4n) is 1.24. The Kier molecular flexibility index (Phi) is 4.64. The topological polar surface area (TPSA) is 38.3 Å².